The van der Waals surface area contributed by atoms with E-state index >= 15 is 0 Å². The highest BCUT2D eigenvalue weighted by Crippen LogP contribution is 2.37. The smallest absolute Gasteiger partial charge is 0.312 e. The molecule has 3 nitrogen and oxygen atoms in total. The van der Waals surface area contributed by atoms with E-state index in [4.69, 9.17) is 0 Å². The molecule has 0 unspecified atom stereocenters. The lowest BCUT2D eigenvalue weighted by Gasteiger charge is -2.06. The van der Waals surface area contributed by atoms with E-state index in [9.17, 15) is 17.6 Å². The maximum absolute atomic E-state index is 13.6. The molecule has 8 heteroatoms. The fraction of sp³-hybridized carbons (Fsp3) is 0.385. The summed E-state index contributed by atoms with van der Waals surface area (Å²) >= 11 is 0.808. The van der Waals surface area contributed by atoms with Crippen molar-refractivity contribution in [3.8, 4) is 10.7 Å². The number of pyridine rings is 1. The molecule has 2 rings (SSSR count). The van der Waals surface area contributed by atoms with E-state index in [1.807, 2.05) is 6.92 Å². The summed E-state index contributed by atoms with van der Waals surface area (Å²) in [4.78, 5) is 7.35. The van der Waals surface area contributed by atoms with E-state index in [1.54, 1.807) is 0 Å². The van der Waals surface area contributed by atoms with Crippen LogP contribution in [0, 0.1) is 5.82 Å². The van der Waals surface area contributed by atoms with Gasteiger partial charge in [0.05, 0.1) is 4.88 Å². The first kappa shape index (κ1) is 15.8. The molecule has 2 heterocycles. The standard InChI is InChI=1S/C13H13F4N3S/c1-2-5-18-7-9-11(13(15,16)17)20-12(21-9)10-8(14)4-3-6-19-10/h3-4,6,18H,2,5,7H2,1H3. The first-order valence-corrected chi connectivity index (χ1v) is 7.13. The third-order valence-corrected chi connectivity index (χ3v) is 3.70. The van der Waals surface area contributed by atoms with Crippen LogP contribution in [-0.2, 0) is 12.7 Å². The Balaban J connectivity index is 2.38. The summed E-state index contributed by atoms with van der Waals surface area (Å²) in [5, 5.41) is 2.84. The zero-order valence-corrected chi connectivity index (χ0v) is 12.0. The van der Waals surface area contributed by atoms with Gasteiger partial charge in [-0.1, -0.05) is 6.92 Å². The van der Waals surface area contributed by atoms with Gasteiger partial charge in [-0.05, 0) is 25.1 Å². The second-order valence-corrected chi connectivity index (χ2v) is 5.38. The molecular weight excluding hydrogens is 306 g/mol. The van der Waals surface area contributed by atoms with Crippen LogP contribution < -0.4 is 5.32 Å². The zero-order valence-electron chi connectivity index (χ0n) is 11.2. The van der Waals surface area contributed by atoms with Crippen LogP contribution >= 0.6 is 11.3 Å². The maximum Gasteiger partial charge on any atom is 0.434 e. The topological polar surface area (TPSA) is 37.8 Å². The van der Waals surface area contributed by atoms with Gasteiger partial charge in [-0.25, -0.2) is 9.37 Å². The van der Waals surface area contributed by atoms with Crippen molar-refractivity contribution in [2.24, 2.45) is 0 Å². The first-order chi connectivity index (χ1) is 9.93. The summed E-state index contributed by atoms with van der Waals surface area (Å²) in [6, 6.07) is 2.52. The number of hydrogen-bond acceptors (Lipinski definition) is 4. The molecule has 0 fully saturated rings. The summed E-state index contributed by atoms with van der Waals surface area (Å²) in [6.07, 6.45) is -2.44. The van der Waals surface area contributed by atoms with Crippen LogP contribution in [0.3, 0.4) is 0 Å². The predicted molar refractivity (Wildman–Crippen MR) is 72.3 cm³/mol. The molecule has 0 bridgehead atoms. The summed E-state index contributed by atoms with van der Waals surface area (Å²) < 4.78 is 52.6. The summed E-state index contributed by atoms with van der Waals surface area (Å²) in [5.41, 5.74) is -1.13. The van der Waals surface area contributed by atoms with Crippen molar-refractivity contribution < 1.29 is 17.6 Å². The van der Waals surface area contributed by atoms with Crippen LogP contribution in [-0.4, -0.2) is 16.5 Å². The zero-order chi connectivity index (χ0) is 15.5. The average Bonchev–Trinajstić information content (AvgIpc) is 2.83. The number of thiazole rings is 1. The molecule has 0 aliphatic heterocycles. The van der Waals surface area contributed by atoms with Crippen LogP contribution in [0.5, 0.6) is 0 Å². The quantitative estimate of drug-likeness (QED) is 0.672. The van der Waals surface area contributed by atoms with Crippen molar-refractivity contribution in [3.05, 3.63) is 34.7 Å². The highest BCUT2D eigenvalue weighted by molar-refractivity contribution is 7.15. The van der Waals surface area contributed by atoms with E-state index in [1.165, 1.54) is 12.3 Å². The number of hydrogen-bond donors (Lipinski definition) is 1. The number of alkyl halides is 3. The summed E-state index contributed by atoms with van der Waals surface area (Å²) in [5.74, 6) is -0.687. The first-order valence-electron chi connectivity index (χ1n) is 6.32. The summed E-state index contributed by atoms with van der Waals surface area (Å²) in [6.45, 7) is 2.57. The van der Waals surface area contributed by atoms with Gasteiger partial charge in [0.25, 0.3) is 0 Å². The molecule has 114 valence electrons. The minimum Gasteiger partial charge on any atom is -0.312 e. The monoisotopic (exact) mass is 319 g/mol. The fourth-order valence-electron chi connectivity index (χ4n) is 1.72. The van der Waals surface area contributed by atoms with Gasteiger partial charge in [0.2, 0.25) is 0 Å². The van der Waals surface area contributed by atoms with Gasteiger partial charge in [-0.15, -0.1) is 11.3 Å². The van der Waals surface area contributed by atoms with E-state index < -0.39 is 17.7 Å². The normalized spacial score (nSPS) is 11.9. The number of nitrogens with zero attached hydrogens (tertiary/aromatic N) is 2. The van der Waals surface area contributed by atoms with Crippen molar-refractivity contribution in [2.75, 3.05) is 6.54 Å². The lowest BCUT2D eigenvalue weighted by atomic mass is 10.3. The highest BCUT2D eigenvalue weighted by atomic mass is 32.1. The fourth-order valence-corrected chi connectivity index (χ4v) is 2.77. The molecule has 0 atom stereocenters. The van der Waals surface area contributed by atoms with Crippen LogP contribution in [0.1, 0.15) is 23.9 Å². The molecule has 2 aromatic rings. The maximum atomic E-state index is 13.6. The molecule has 0 saturated carbocycles. The Morgan fingerprint density at radius 2 is 2.10 bits per heavy atom. The van der Waals surface area contributed by atoms with E-state index in [-0.39, 0.29) is 22.1 Å². The third kappa shape index (κ3) is 3.76. The van der Waals surface area contributed by atoms with Gasteiger partial charge >= 0.3 is 6.18 Å². The van der Waals surface area contributed by atoms with Gasteiger partial charge in [0.1, 0.15) is 10.7 Å². The van der Waals surface area contributed by atoms with Crippen molar-refractivity contribution >= 4 is 11.3 Å². The predicted octanol–water partition coefficient (Wildman–Crippen LogP) is 3.86. The second kappa shape index (κ2) is 6.48. The van der Waals surface area contributed by atoms with Crippen LogP contribution in [0.4, 0.5) is 17.6 Å². The van der Waals surface area contributed by atoms with Gasteiger partial charge < -0.3 is 5.32 Å². The highest BCUT2D eigenvalue weighted by Gasteiger charge is 2.37. The SMILES string of the molecule is CCCNCc1sc(-c2ncccc2F)nc1C(F)(F)F. The lowest BCUT2D eigenvalue weighted by Crippen LogP contribution is -2.17. The Morgan fingerprint density at radius 3 is 2.71 bits per heavy atom. The van der Waals surface area contributed by atoms with Crippen LogP contribution in [0.2, 0.25) is 0 Å². The van der Waals surface area contributed by atoms with Gasteiger partial charge in [0, 0.05) is 12.7 Å². The second-order valence-electron chi connectivity index (χ2n) is 4.30. The Labute approximate surface area is 123 Å². The number of aromatic nitrogens is 2. The lowest BCUT2D eigenvalue weighted by molar-refractivity contribution is -0.141. The van der Waals surface area contributed by atoms with E-state index in [0.29, 0.717) is 6.54 Å². The Morgan fingerprint density at radius 1 is 1.33 bits per heavy atom. The van der Waals surface area contributed by atoms with Gasteiger partial charge in [-0.2, -0.15) is 13.2 Å². The number of nitrogens with one attached hydrogen (secondary N) is 1. The van der Waals surface area contributed by atoms with Crippen molar-refractivity contribution in [1.29, 1.82) is 0 Å². The molecule has 0 spiro atoms. The number of halogens is 4. The minimum absolute atomic E-state index is 0.0380. The molecule has 21 heavy (non-hydrogen) atoms. The van der Waals surface area contributed by atoms with Gasteiger partial charge in [-0.3, -0.25) is 4.98 Å². The molecule has 0 saturated heterocycles. The molecule has 2 aromatic heterocycles. The molecule has 0 radical (unpaired) electrons. The Hall–Kier alpha value is -1.54. The summed E-state index contributed by atoms with van der Waals surface area (Å²) in [7, 11) is 0. The van der Waals surface area contributed by atoms with Crippen LogP contribution in [0.25, 0.3) is 10.7 Å². The van der Waals surface area contributed by atoms with Gasteiger partial charge in [0.15, 0.2) is 11.5 Å². The number of rotatable bonds is 5. The molecule has 0 amide bonds. The molecular formula is C13H13F4N3S. The minimum atomic E-state index is -4.57. The van der Waals surface area contributed by atoms with E-state index in [0.717, 1.165) is 23.8 Å². The molecule has 1 N–H and O–H groups in total. The largest absolute Gasteiger partial charge is 0.434 e. The van der Waals surface area contributed by atoms with Crippen molar-refractivity contribution in [3.63, 3.8) is 0 Å². The Bertz CT molecular complexity index is 610. The molecule has 0 aromatic carbocycles. The van der Waals surface area contributed by atoms with E-state index in [2.05, 4.69) is 15.3 Å². The third-order valence-electron chi connectivity index (χ3n) is 2.64. The van der Waals surface area contributed by atoms with Crippen molar-refractivity contribution in [2.45, 2.75) is 26.1 Å². The molecule has 0 aliphatic rings. The van der Waals surface area contributed by atoms with Crippen molar-refractivity contribution in [1.82, 2.24) is 15.3 Å². The average molecular weight is 319 g/mol. The molecule has 0 aliphatic carbocycles. The Kier molecular flexibility index (Phi) is 4.89. The van der Waals surface area contributed by atoms with Crippen LogP contribution in [0.15, 0.2) is 18.3 Å².